The summed E-state index contributed by atoms with van der Waals surface area (Å²) in [5.41, 5.74) is 2.72. The lowest BCUT2D eigenvalue weighted by Crippen LogP contribution is -2.30. The maximum Gasteiger partial charge on any atom is 0.419 e. The third-order valence-electron chi connectivity index (χ3n) is 4.08. The maximum absolute atomic E-state index is 12.2. The molecule has 0 saturated heterocycles. The first-order valence-electron chi connectivity index (χ1n) is 8.59. The first-order valence-corrected chi connectivity index (χ1v) is 8.59. The highest BCUT2D eigenvalue weighted by atomic mass is 16.5. The first-order chi connectivity index (χ1) is 12.9. The lowest BCUT2D eigenvalue weighted by molar-refractivity contribution is -0.153. The summed E-state index contributed by atoms with van der Waals surface area (Å²) < 4.78 is 11.7. The molecule has 0 aliphatic rings. The van der Waals surface area contributed by atoms with E-state index in [4.69, 9.17) is 9.15 Å². The molecule has 2 aromatic carbocycles. The van der Waals surface area contributed by atoms with Crippen LogP contribution in [0.25, 0.3) is 11.1 Å². The van der Waals surface area contributed by atoms with Gasteiger partial charge in [0.1, 0.15) is 0 Å². The van der Waals surface area contributed by atoms with E-state index in [1.54, 1.807) is 30.3 Å². The predicted octanol–water partition coefficient (Wildman–Crippen LogP) is 2.86. The van der Waals surface area contributed by atoms with Gasteiger partial charge in [0.2, 0.25) is 0 Å². The highest BCUT2D eigenvalue weighted by Gasteiger charge is 2.19. The summed E-state index contributed by atoms with van der Waals surface area (Å²) in [5.74, 6) is -1.52. The van der Waals surface area contributed by atoms with Gasteiger partial charge in [-0.3, -0.25) is 14.2 Å². The number of fused-ring (bicyclic) bond motifs is 1. The Morgan fingerprint density at radius 3 is 2.74 bits per heavy atom. The summed E-state index contributed by atoms with van der Waals surface area (Å²) in [7, 11) is 0. The zero-order chi connectivity index (χ0) is 19.4. The van der Waals surface area contributed by atoms with Gasteiger partial charge >= 0.3 is 11.7 Å². The Hall–Kier alpha value is -3.35. The molecule has 140 valence electrons. The zero-order valence-electron chi connectivity index (χ0n) is 15.1. The third kappa shape index (κ3) is 4.44. The van der Waals surface area contributed by atoms with Crippen LogP contribution in [0.2, 0.25) is 0 Å². The number of carbonyl (C=O) groups excluding carboxylic acids is 2. The number of nitrogens with one attached hydrogen (secondary N) is 1. The summed E-state index contributed by atoms with van der Waals surface area (Å²) in [4.78, 5) is 36.1. The minimum absolute atomic E-state index is 0.0501. The Morgan fingerprint density at radius 2 is 1.96 bits per heavy atom. The number of carbonyl (C=O) groups is 2. The molecule has 0 unspecified atom stereocenters. The van der Waals surface area contributed by atoms with E-state index in [1.807, 2.05) is 25.1 Å². The van der Waals surface area contributed by atoms with Crippen LogP contribution < -0.4 is 11.1 Å². The van der Waals surface area contributed by atoms with Gasteiger partial charge in [-0.1, -0.05) is 24.3 Å². The fourth-order valence-electron chi connectivity index (χ4n) is 2.71. The van der Waals surface area contributed by atoms with Crippen molar-refractivity contribution in [2.24, 2.45) is 0 Å². The number of rotatable bonds is 6. The Morgan fingerprint density at radius 1 is 1.19 bits per heavy atom. The van der Waals surface area contributed by atoms with Crippen molar-refractivity contribution in [2.75, 3.05) is 5.32 Å². The van der Waals surface area contributed by atoms with Gasteiger partial charge in [-0.05, 0) is 43.7 Å². The molecule has 3 aromatic rings. The molecule has 1 aromatic heterocycles. The van der Waals surface area contributed by atoms with Crippen LogP contribution in [-0.4, -0.2) is 22.5 Å². The van der Waals surface area contributed by atoms with Crippen LogP contribution in [0.4, 0.5) is 5.69 Å². The van der Waals surface area contributed by atoms with Crippen LogP contribution in [0.3, 0.4) is 0 Å². The molecule has 1 amide bonds. The molecule has 1 atom stereocenters. The molecule has 0 fully saturated rings. The van der Waals surface area contributed by atoms with Gasteiger partial charge in [0, 0.05) is 12.2 Å². The van der Waals surface area contributed by atoms with Crippen LogP contribution in [-0.2, 0) is 20.9 Å². The van der Waals surface area contributed by atoms with Crippen molar-refractivity contribution in [3.63, 3.8) is 0 Å². The van der Waals surface area contributed by atoms with E-state index in [0.29, 0.717) is 16.8 Å². The molecule has 0 radical (unpaired) electrons. The van der Waals surface area contributed by atoms with Crippen molar-refractivity contribution in [1.29, 1.82) is 0 Å². The third-order valence-corrected chi connectivity index (χ3v) is 4.08. The van der Waals surface area contributed by atoms with Crippen molar-refractivity contribution in [3.05, 3.63) is 64.6 Å². The molecule has 0 aliphatic heterocycles. The fraction of sp³-hybridized carbons (Fsp3) is 0.250. The number of hydrogen-bond donors (Lipinski definition) is 1. The van der Waals surface area contributed by atoms with Gasteiger partial charge in [-0.25, -0.2) is 4.79 Å². The summed E-state index contributed by atoms with van der Waals surface area (Å²) in [6, 6.07) is 14.3. The molecule has 7 nitrogen and oxygen atoms in total. The molecular weight excluding hydrogens is 348 g/mol. The number of hydrogen-bond acceptors (Lipinski definition) is 5. The molecule has 1 N–H and O–H groups in total. The number of para-hydroxylation sites is 2. The van der Waals surface area contributed by atoms with Crippen molar-refractivity contribution in [1.82, 2.24) is 4.57 Å². The molecule has 1 heterocycles. The van der Waals surface area contributed by atoms with Gasteiger partial charge in [-0.15, -0.1) is 0 Å². The van der Waals surface area contributed by atoms with E-state index in [2.05, 4.69) is 5.32 Å². The molecule has 3 rings (SSSR count). The van der Waals surface area contributed by atoms with E-state index in [-0.39, 0.29) is 13.0 Å². The van der Waals surface area contributed by atoms with E-state index < -0.39 is 23.7 Å². The number of benzene rings is 2. The van der Waals surface area contributed by atoms with Gasteiger partial charge in [0.15, 0.2) is 11.7 Å². The topological polar surface area (TPSA) is 90.5 Å². The highest BCUT2D eigenvalue weighted by Crippen LogP contribution is 2.13. The van der Waals surface area contributed by atoms with Crippen molar-refractivity contribution < 1.29 is 18.7 Å². The van der Waals surface area contributed by atoms with Gasteiger partial charge in [0.05, 0.1) is 11.9 Å². The van der Waals surface area contributed by atoms with Crippen LogP contribution in [0.1, 0.15) is 18.9 Å². The number of nitrogens with zero attached hydrogens (tertiary/aromatic N) is 1. The Labute approximate surface area is 155 Å². The standard InChI is InChI=1S/C20H20N2O5/c1-13-6-5-7-15(12-13)21-19(24)14(2)26-18(23)10-11-22-16-8-3-4-9-17(16)27-20(22)25/h3-9,12,14H,10-11H2,1-2H3,(H,21,24)/t14-/m1/s1. The second-order valence-corrected chi connectivity index (χ2v) is 6.23. The van der Waals surface area contributed by atoms with Gasteiger partial charge in [-0.2, -0.15) is 0 Å². The summed E-state index contributed by atoms with van der Waals surface area (Å²) in [6.07, 6.45) is -0.998. The van der Waals surface area contributed by atoms with Gasteiger partial charge in [0.25, 0.3) is 5.91 Å². The monoisotopic (exact) mass is 368 g/mol. The molecule has 0 spiro atoms. The van der Waals surface area contributed by atoms with Crippen LogP contribution >= 0.6 is 0 Å². The average molecular weight is 368 g/mol. The predicted molar refractivity (Wildman–Crippen MR) is 100 cm³/mol. The first kappa shape index (κ1) is 18.4. The highest BCUT2D eigenvalue weighted by molar-refractivity contribution is 5.95. The number of oxazole rings is 1. The lowest BCUT2D eigenvalue weighted by Gasteiger charge is -2.14. The number of anilines is 1. The number of amides is 1. The van der Waals surface area contributed by atoms with Crippen molar-refractivity contribution in [2.45, 2.75) is 32.9 Å². The van der Waals surface area contributed by atoms with Crippen LogP contribution in [0.5, 0.6) is 0 Å². The van der Waals surface area contributed by atoms with Crippen molar-refractivity contribution in [3.8, 4) is 0 Å². The maximum atomic E-state index is 12.2. The Bertz CT molecular complexity index is 1030. The van der Waals surface area contributed by atoms with Gasteiger partial charge < -0.3 is 14.5 Å². The summed E-state index contributed by atoms with van der Waals surface area (Å²) in [5, 5.41) is 2.70. The summed E-state index contributed by atoms with van der Waals surface area (Å²) in [6.45, 7) is 3.53. The van der Waals surface area contributed by atoms with E-state index >= 15 is 0 Å². The van der Waals surface area contributed by atoms with Crippen molar-refractivity contribution >= 4 is 28.7 Å². The molecule has 0 aliphatic carbocycles. The SMILES string of the molecule is Cc1cccc(NC(=O)[C@@H](C)OC(=O)CCn2c(=O)oc3ccccc32)c1. The Kier molecular flexibility index (Phi) is 5.40. The van der Waals surface area contributed by atoms with Crippen LogP contribution in [0, 0.1) is 6.92 Å². The average Bonchev–Trinajstić information content (AvgIpc) is 2.95. The fourth-order valence-corrected chi connectivity index (χ4v) is 2.71. The number of aryl methyl sites for hydroxylation is 2. The number of esters is 1. The van der Waals surface area contributed by atoms with E-state index in [1.165, 1.54) is 11.5 Å². The molecular formula is C20H20N2O5. The zero-order valence-corrected chi connectivity index (χ0v) is 15.1. The molecule has 27 heavy (non-hydrogen) atoms. The smallest absolute Gasteiger partial charge is 0.419 e. The second-order valence-electron chi connectivity index (χ2n) is 6.23. The van der Waals surface area contributed by atoms with Crippen LogP contribution in [0.15, 0.2) is 57.7 Å². The normalized spacial score (nSPS) is 11.9. The van der Waals surface area contributed by atoms with E-state index in [0.717, 1.165) is 5.56 Å². The Balaban J connectivity index is 1.56. The minimum Gasteiger partial charge on any atom is -0.452 e. The number of ether oxygens (including phenoxy) is 1. The largest absolute Gasteiger partial charge is 0.452 e. The lowest BCUT2D eigenvalue weighted by atomic mass is 10.2. The number of aromatic nitrogens is 1. The molecule has 0 saturated carbocycles. The second kappa shape index (κ2) is 7.90. The minimum atomic E-state index is -0.948. The molecule has 7 heteroatoms. The molecule has 0 bridgehead atoms. The van der Waals surface area contributed by atoms with E-state index in [9.17, 15) is 14.4 Å². The summed E-state index contributed by atoms with van der Waals surface area (Å²) >= 11 is 0. The quantitative estimate of drug-likeness (QED) is 0.676.